The SMILES string of the molecule is CCOc1ccccc1-c1ccc(Cl)c(O)c1. The van der Waals surface area contributed by atoms with Crippen molar-refractivity contribution in [2.75, 3.05) is 6.61 Å². The Kier molecular flexibility index (Phi) is 3.55. The highest BCUT2D eigenvalue weighted by Gasteiger charge is 2.07. The molecule has 0 radical (unpaired) electrons. The van der Waals surface area contributed by atoms with Gasteiger partial charge in [-0.1, -0.05) is 35.9 Å². The third-order valence-electron chi connectivity index (χ3n) is 2.44. The smallest absolute Gasteiger partial charge is 0.134 e. The van der Waals surface area contributed by atoms with Crippen molar-refractivity contribution >= 4 is 11.6 Å². The molecule has 0 bridgehead atoms. The Morgan fingerprint density at radius 2 is 1.94 bits per heavy atom. The van der Waals surface area contributed by atoms with Crippen LogP contribution in [0, 0.1) is 0 Å². The molecule has 0 saturated carbocycles. The zero-order chi connectivity index (χ0) is 12.3. The van der Waals surface area contributed by atoms with Crippen LogP contribution in [-0.4, -0.2) is 11.7 Å². The number of ether oxygens (including phenoxy) is 1. The van der Waals surface area contributed by atoms with E-state index in [1.165, 1.54) is 0 Å². The largest absolute Gasteiger partial charge is 0.506 e. The first-order valence-corrected chi connectivity index (χ1v) is 5.81. The lowest BCUT2D eigenvalue weighted by molar-refractivity contribution is 0.341. The topological polar surface area (TPSA) is 29.5 Å². The summed E-state index contributed by atoms with van der Waals surface area (Å²) in [6.07, 6.45) is 0. The molecule has 2 aromatic rings. The van der Waals surface area contributed by atoms with E-state index >= 15 is 0 Å². The Hall–Kier alpha value is -1.67. The molecule has 2 nitrogen and oxygen atoms in total. The van der Waals surface area contributed by atoms with Gasteiger partial charge in [0.1, 0.15) is 11.5 Å². The number of para-hydroxylation sites is 1. The minimum atomic E-state index is 0.0791. The highest BCUT2D eigenvalue weighted by molar-refractivity contribution is 6.32. The molecule has 1 N–H and O–H groups in total. The molecule has 3 heteroatoms. The molecule has 0 atom stereocenters. The Morgan fingerprint density at radius 1 is 1.18 bits per heavy atom. The van der Waals surface area contributed by atoms with E-state index in [2.05, 4.69) is 0 Å². The molecule has 2 aromatic carbocycles. The maximum absolute atomic E-state index is 9.61. The van der Waals surface area contributed by atoms with Gasteiger partial charge in [0.25, 0.3) is 0 Å². The number of aromatic hydroxyl groups is 1. The Labute approximate surface area is 105 Å². The van der Waals surface area contributed by atoms with Crippen molar-refractivity contribution in [1.82, 2.24) is 0 Å². The van der Waals surface area contributed by atoms with E-state index in [0.29, 0.717) is 11.6 Å². The maximum atomic E-state index is 9.61. The molecule has 0 spiro atoms. The Balaban J connectivity index is 2.48. The number of hydrogen-bond donors (Lipinski definition) is 1. The van der Waals surface area contributed by atoms with Crippen molar-refractivity contribution in [2.24, 2.45) is 0 Å². The first kappa shape index (κ1) is 11.8. The lowest BCUT2D eigenvalue weighted by Crippen LogP contribution is -1.93. The van der Waals surface area contributed by atoms with Gasteiger partial charge in [-0.15, -0.1) is 0 Å². The summed E-state index contributed by atoms with van der Waals surface area (Å²) in [5.41, 5.74) is 1.83. The number of benzene rings is 2. The van der Waals surface area contributed by atoms with E-state index in [-0.39, 0.29) is 5.75 Å². The molecular formula is C14H13ClO2. The van der Waals surface area contributed by atoms with E-state index in [9.17, 15) is 5.11 Å². The highest BCUT2D eigenvalue weighted by Crippen LogP contribution is 2.34. The second-order valence-corrected chi connectivity index (χ2v) is 4.00. The van der Waals surface area contributed by atoms with Crippen molar-refractivity contribution in [2.45, 2.75) is 6.92 Å². The predicted octanol–water partition coefficient (Wildman–Crippen LogP) is 4.11. The Bertz CT molecular complexity index is 523. The van der Waals surface area contributed by atoms with Crippen LogP contribution < -0.4 is 4.74 Å². The number of phenolic OH excluding ortho intramolecular Hbond substituents is 1. The zero-order valence-corrected chi connectivity index (χ0v) is 10.2. The van der Waals surface area contributed by atoms with E-state index in [1.54, 1.807) is 12.1 Å². The highest BCUT2D eigenvalue weighted by atomic mass is 35.5. The number of rotatable bonds is 3. The minimum Gasteiger partial charge on any atom is -0.506 e. The third kappa shape index (κ3) is 2.53. The van der Waals surface area contributed by atoms with Crippen molar-refractivity contribution in [3.63, 3.8) is 0 Å². The molecule has 17 heavy (non-hydrogen) atoms. The predicted molar refractivity (Wildman–Crippen MR) is 69.7 cm³/mol. The van der Waals surface area contributed by atoms with Gasteiger partial charge < -0.3 is 9.84 Å². The van der Waals surface area contributed by atoms with Crippen LogP contribution in [0.5, 0.6) is 11.5 Å². The van der Waals surface area contributed by atoms with E-state index < -0.39 is 0 Å². The third-order valence-corrected chi connectivity index (χ3v) is 2.76. The van der Waals surface area contributed by atoms with Gasteiger partial charge in [0, 0.05) is 5.56 Å². The fourth-order valence-electron chi connectivity index (χ4n) is 1.67. The van der Waals surface area contributed by atoms with Crippen LogP contribution in [-0.2, 0) is 0 Å². The molecule has 0 aliphatic heterocycles. The molecular weight excluding hydrogens is 236 g/mol. The molecule has 0 heterocycles. The number of phenols is 1. The average molecular weight is 249 g/mol. The van der Waals surface area contributed by atoms with Gasteiger partial charge in [0.2, 0.25) is 0 Å². The van der Waals surface area contributed by atoms with Gasteiger partial charge in [-0.3, -0.25) is 0 Å². The first-order valence-electron chi connectivity index (χ1n) is 5.43. The summed E-state index contributed by atoms with van der Waals surface area (Å²) in [5.74, 6) is 0.882. The van der Waals surface area contributed by atoms with Crippen LogP contribution in [0.4, 0.5) is 0 Å². The van der Waals surface area contributed by atoms with Crippen molar-refractivity contribution in [1.29, 1.82) is 0 Å². The standard InChI is InChI=1S/C14H13ClO2/c1-2-17-14-6-4-3-5-11(14)10-7-8-12(15)13(16)9-10/h3-9,16H,2H2,1H3. The van der Waals surface area contributed by atoms with Crippen molar-refractivity contribution < 1.29 is 9.84 Å². The zero-order valence-electron chi connectivity index (χ0n) is 9.48. The summed E-state index contributed by atoms with van der Waals surface area (Å²) in [5, 5.41) is 9.96. The maximum Gasteiger partial charge on any atom is 0.134 e. The van der Waals surface area contributed by atoms with Crippen molar-refractivity contribution in [3.05, 3.63) is 47.5 Å². The monoisotopic (exact) mass is 248 g/mol. The van der Waals surface area contributed by atoms with Gasteiger partial charge in [-0.2, -0.15) is 0 Å². The van der Waals surface area contributed by atoms with Crippen LogP contribution >= 0.6 is 11.6 Å². The van der Waals surface area contributed by atoms with E-state index in [1.807, 2.05) is 37.3 Å². The quantitative estimate of drug-likeness (QED) is 0.886. The van der Waals surface area contributed by atoms with E-state index in [4.69, 9.17) is 16.3 Å². The number of hydrogen-bond acceptors (Lipinski definition) is 2. The van der Waals surface area contributed by atoms with Crippen LogP contribution in [0.2, 0.25) is 5.02 Å². The van der Waals surface area contributed by atoms with Gasteiger partial charge in [0.15, 0.2) is 0 Å². The molecule has 0 aliphatic carbocycles. The second-order valence-electron chi connectivity index (χ2n) is 3.60. The molecule has 0 aromatic heterocycles. The van der Waals surface area contributed by atoms with Crippen LogP contribution in [0.3, 0.4) is 0 Å². The molecule has 0 aliphatic rings. The summed E-state index contributed by atoms with van der Waals surface area (Å²) in [6, 6.07) is 12.9. The number of halogens is 1. The molecule has 0 fully saturated rings. The summed E-state index contributed by atoms with van der Waals surface area (Å²) < 4.78 is 5.55. The summed E-state index contributed by atoms with van der Waals surface area (Å²) in [7, 11) is 0. The van der Waals surface area contributed by atoms with Gasteiger partial charge in [-0.05, 0) is 30.7 Å². The fourth-order valence-corrected chi connectivity index (χ4v) is 1.78. The lowest BCUT2D eigenvalue weighted by atomic mass is 10.0. The van der Waals surface area contributed by atoms with Crippen molar-refractivity contribution in [3.8, 4) is 22.6 Å². The normalized spacial score (nSPS) is 10.2. The summed E-state index contributed by atoms with van der Waals surface area (Å²) in [6.45, 7) is 2.55. The fraction of sp³-hybridized carbons (Fsp3) is 0.143. The van der Waals surface area contributed by atoms with Crippen LogP contribution in [0.15, 0.2) is 42.5 Å². The first-order chi connectivity index (χ1) is 8.22. The van der Waals surface area contributed by atoms with Gasteiger partial charge >= 0.3 is 0 Å². The molecule has 88 valence electrons. The molecule has 0 saturated heterocycles. The second kappa shape index (κ2) is 5.11. The lowest BCUT2D eigenvalue weighted by Gasteiger charge is -2.10. The van der Waals surface area contributed by atoms with Crippen LogP contribution in [0.25, 0.3) is 11.1 Å². The summed E-state index contributed by atoms with van der Waals surface area (Å²) in [4.78, 5) is 0. The average Bonchev–Trinajstić information content (AvgIpc) is 2.34. The van der Waals surface area contributed by atoms with Gasteiger partial charge in [0.05, 0.1) is 11.6 Å². The van der Waals surface area contributed by atoms with E-state index in [0.717, 1.165) is 16.9 Å². The molecule has 0 amide bonds. The molecule has 0 unspecified atom stereocenters. The summed E-state index contributed by atoms with van der Waals surface area (Å²) >= 11 is 5.79. The minimum absolute atomic E-state index is 0.0791. The van der Waals surface area contributed by atoms with Gasteiger partial charge in [-0.25, -0.2) is 0 Å². The Morgan fingerprint density at radius 3 is 2.65 bits per heavy atom. The molecule has 2 rings (SSSR count). The van der Waals surface area contributed by atoms with Crippen LogP contribution in [0.1, 0.15) is 6.92 Å².